The summed E-state index contributed by atoms with van der Waals surface area (Å²) in [6, 6.07) is 61.8. The van der Waals surface area contributed by atoms with E-state index in [0.717, 1.165) is 0 Å². The molecule has 0 saturated heterocycles. The zero-order valence-corrected chi connectivity index (χ0v) is 23.2. The van der Waals surface area contributed by atoms with Crippen LogP contribution < -0.4 is 0 Å². The summed E-state index contributed by atoms with van der Waals surface area (Å²) in [5.41, 5.74) is 9.96. The highest BCUT2D eigenvalue weighted by atomic mass is 14.1. The van der Waals surface area contributed by atoms with Gasteiger partial charge in [-0.05, 0) is 95.0 Å². The van der Waals surface area contributed by atoms with Crippen molar-refractivity contribution in [1.29, 1.82) is 0 Å². The van der Waals surface area contributed by atoms with Crippen LogP contribution in [0.25, 0.3) is 76.8 Å². The number of rotatable bonds is 4. The fraction of sp³-hybridized carbons (Fsp3) is 0. The standard InChI is InChI=1S/C42H28/c1-3-14-39-30(8-1)10-6-16-41(39)32-20-18-29(19-21-32)34-22-23-37-27-35(24-25-36(37)26-34)33-12-5-13-38(28-33)42-17-7-11-31-9-2-4-15-40(31)42/h1-28H. The lowest BCUT2D eigenvalue weighted by Crippen LogP contribution is -1.85. The molecule has 0 saturated carbocycles. The molecule has 0 aromatic heterocycles. The molecule has 0 unspecified atom stereocenters. The van der Waals surface area contributed by atoms with Gasteiger partial charge in [-0.25, -0.2) is 0 Å². The molecule has 0 N–H and O–H groups in total. The Morgan fingerprint density at radius 1 is 0.214 bits per heavy atom. The van der Waals surface area contributed by atoms with E-state index in [4.69, 9.17) is 0 Å². The van der Waals surface area contributed by atoms with Crippen molar-refractivity contribution in [2.75, 3.05) is 0 Å². The lowest BCUT2D eigenvalue weighted by atomic mass is 9.93. The normalized spacial score (nSPS) is 11.3. The molecule has 0 nitrogen and oxygen atoms in total. The van der Waals surface area contributed by atoms with E-state index in [1.54, 1.807) is 0 Å². The zero-order valence-electron chi connectivity index (χ0n) is 23.2. The minimum atomic E-state index is 1.23. The third-order valence-corrected chi connectivity index (χ3v) is 8.46. The molecule has 0 aliphatic rings. The highest BCUT2D eigenvalue weighted by Gasteiger charge is 2.08. The molecular formula is C42H28. The molecule has 0 atom stereocenters. The van der Waals surface area contributed by atoms with Crippen LogP contribution in [-0.4, -0.2) is 0 Å². The number of hydrogen-bond donors (Lipinski definition) is 0. The molecule has 196 valence electrons. The van der Waals surface area contributed by atoms with Crippen molar-refractivity contribution in [2.45, 2.75) is 0 Å². The monoisotopic (exact) mass is 532 g/mol. The van der Waals surface area contributed by atoms with Crippen LogP contribution >= 0.6 is 0 Å². The molecule has 0 aliphatic heterocycles. The molecule has 0 fully saturated rings. The summed E-state index contributed by atoms with van der Waals surface area (Å²) >= 11 is 0. The highest BCUT2D eigenvalue weighted by Crippen LogP contribution is 2.34. The third kappa shape index (κ3) is 4.35. The Bertz CT molecular complexity index is 2220. The minimum Gasteiger partial charge on any atom is -0.0616 e. The van der Waals surface area contributed by atoms with Gasteiger partial charge in [0.15, 0.2) is 0 Å². The van der Waals surface area contributed by atoms with Crippen molar-refractivity contribution in [3.05, 3.63) is 170 Å². The maximum absolute atomic E-state index is 2.31. The topological polar surface area (TPSA) is 0 Å². The molecule has 0 heteroatoms. The molecule has 8 aromatic rings. The van der Waals surface area contributed by atoms with Crippen LogP contribution in [0.3, 0.4) is 0 Å². The van der Waals surface area contributed by atoms with Crippen LogP contribution in [0, 0.1) is 0 Å². The van der Waals surface area contributed by atoms with Crippen LogP contribution in [0.5, 0.6) is 0 Å². The first kappa shape index (κ1) is 24.3. The SMILES string of the molecule is c1cc(-c2ccc3cc(-c4ccc(-c5cccc6ccccc56)cc4)ccc3c2)cc(-c2cccc3ccccc23)c1. The molecule has 42 heavy (non-hydrogen) atoms. The minimum absolute atomic E-state index is 1.23. The molecular weight excluding hydrogens is 504 g/mol. The van der Waals surface area contributed by atoms with E-state index >= 15 is 0 Å². The summed E-state index contributed by atoms with van der Waals surface area (Å²) in [5, 5.41) is 7.61. The van der Waals surface area contributed by atoms with E-state index in [1.165, 1.54) is 76.8 Å². The first-order chi connectivity index (χ1) is 20.8. The molecule has 8 aromatic carbocycles. The van der Waals surface area contributed by atoms with Gasteiger partial charge in [0.25, 0.3) is 0 Å². The fourth-order valence-corrected chi connectivity index (χ4v) is 6.27. The predicted molar refractivity (Wildman–Crippen MR) is 181 cm³/mol. The number of benzene rings is 8. The van der Waals surface area contributed by atoms with Gasteiger partial charge in [0.1, 0.15) is 0 Å². The van der Waals surface area contributed by atoms with E-state index in [1.807, 2.05) is 0 Å². The summed E-state index contributed by atoms with van der Waals surface area (Å²) in [6.07, 6.45) is 0. The summed E-state index contributed by atoms with van der Waals surface area (Å²) in [4.78, 5) is 0. The van der Waals surface area contributed by atoms with Gasteiger partial charge in [-0.3, -0.25) is 0 Å². The van der Waals surface area contributed by atoms with Crippen LogP contribution in [0.15, 0.2) is 170 Å². The molecule has 0 spiro atoms. The van der Waals surface area contributed by atoms with E-state index in [2.05, 4.69) is 170 Å². The third-order valence-electron chi connectivity index (χ3n) is 8.46. The van der Waals surface area contributed by atoms with E-state index in [-0.39, 0.29) is 0 Å². The second-order valence-corrected chi connectivity index (χ2v) is 11.0. The average Bonchev–Trinajstić information content (AvgIpc) is 3.07. The summed E-state index contributed by atoms with van der Waals surface area (Å²) in [6.45, 7) is 0. The number of fused-ring (bicyclic) bond motifs is 3. The summed E-state index contributed by atoms with van der Waals surface area (Å²) in [7, 11) is 0. The first-order valence-corrected chi connectivity index (χ1v) is 14.5. The maximum Gasteiger partial charge on any atom is -0.0105 e. The van der Waals surface area contributed by atoms with Crippen LogP contribution in [-0.2, 0) is 0 Å². The zero-order chi connectivity index (χ0) is 27.9. The second kappa shape index (κ2) is 10.2. The van der Waals surface area contributed by atoms with Crippen LogP contribution in [0.2, 0.25) is 0 Å². The van der Waals surface area contributed by atoms with Gasteiger partial charge in [-0.2, -0.15) is 0 Å². The Balaban J connectivity index is 1.11. The van der Waals surface area contributed by atoms with E-state index in [9.17, 15) is 0 Å². The van der Waals surface area contributed by atoms with Crippen molar-refractivity contribution in [1.82, 2.24) is 0 Å². The summed E-state index contributed by atoms with van der Waals surface area (Å²) in [5.74, 6) is 0. The Morgan fingerprint density at radius 3 is 1.29 bits per heavy atom. The molecule has 8 rings (SSSR count). The van der Waals surface area contributed by atoms with E-state index in [0.29, 0.717) is 0 Å². The quantitative estimate of drug-likeness (QED) is 0.211. The Hall–Kier alpha value is -5.46. The molecule has 0 bridgehead atoms. The van der Waals surface area contributed by atoms with Gasteiger partial charge in [-0.15, -0.1) is 0 Å². The lowest BCUT2D eigenvalue weighted by Gasteiger charge is -2.11. The average molecular weight is 533 g/mol. The largest absolute Gasteiger partial charge is 0.0616 e. The van der Waals surface area contributed by atoms with Crippen molar-refractivity contribution < 1.29 is 0 Å². The van der Waals surface area contributed by atoms with Gasteiger partial charge in [0, 0.05) is 0 Å². The second-order valence-electron chi connectivity index (χ2n) is 11.0. The molecule has 0 heterocycles. The smallest absolute Gasteiger partial charge is 0.0105 e. The van der Waals surface area contributed by atoms with Crippen molar-refractivity contribution in [2.24, 2.45) is 0 Å². The first-order valence-electron chi connectivity index (χ1n) is 14.5. The van der Waals surface area contributed by atoms with Gasteiger partial charge < -0.3 is 0 Å². The summed E-state index contributed by atoms with van der Waals surface area (Å²) < 4.78 is 0. The molecule has 0 radical (unpaired) electrons. The molecule has 0 amide bonds. The van der Waals surface area contributed by atoms with Gasteiger partial charge >= 0.3 is 0 Å². The number of hydrogen-bond acceptors (Lipinski definition) is 0. The van der Waals surface area contributed by atoms with Gasteiger partial charge in [0.05, 0.1) is 0 Å². The maximum atomic E-state index is 2.31. The van der Waals surface area contributed by atoms with Crippen molar-refractivity contribution in [3.63, 3.8) is 0 Å². The van der Waals surface area contributed by atoms with E-state index < -0.39 is 0 Å². The predicted octanol–water partition coefficient (Wildman–Crippen LogP) is 11.8. The van der Waals surface area contributed by atoms with Crippen LogP contribution in [0.1, 0.15) is 0 Å². The highest BCUT2D eigenvalue weighted by molar-refractivity contribution is 5.99. The van der Waals surface area contributed by atoms with Crippen molar-refractivity contribution in [3.8, 4) is 44.5 Å². The Morgan fingerprint density at radius 2 is 0.643 bits per heavy atom. The van der Waals surface area contributed by atoms with Crippen LogP contribution in [0.4, 0.5) is 0 Å². The Kier molecular flexibility index (Phi) is 5.90. The van der Waals surface area contributed by atoms with Crippen molar-refractivity contribution >= 4 is 32.3 Å². The lowest BCUT2D eigenvalue weighted by molar-refractivity contribution is 1.61. The molecule has 0 aliphatic carbocycles. The van der Waals surface area contributed by atoms with Gasteiger partial charge in [-0.1, -0.05) is 152 Å². The van der Waals surface area contributed by atoms with Gasteiger partial charge in [0.2, 0.25) is 0 Å². The fourth-order valence-electron chi connectivity index (χ4n) is 6.27. The Labute approximate surface area is 246 Å².